The number of aliphatic hydroxyl groups is 1. The van der Waals surface area contributed by atoms with E-state index in [9.17, 15) is 24.3 Å². The van der Waals surface area contributed by atoms with E-state index in [-0.39, 0.29) is 55.2 Å². The molecule has 10 nitrogen and oxygen atoms in total. The van der Waals surface area contributed by atoms with E-state index in [0.717, 1.165) is 10.8 Å². The minimum atomic E-state index is -1.30. The third-order valence-corrected chi connectivity index (χ3v) is 11.1. The first-order chi connectivity index (χ1) is 24.7. The monoisotopic (exact) mass is 757 g/mol. The molecule has 1 spiro atoms. The van der Waals surface area contributed by atoms with Crippen molar-refractivity contribution < 1.29 is 33.8 Å². The number of fused-ring (bicyclic) bond motifs is 2. The van der Waals surface area contributed by atoms with Crippen LogP contribution in [0, 0.1) is 11.8 Å². The zero-order valence-electron chi connectivity index (χ0n) is 28.5. The molecule has 0 saturated carbocycles. The highest BCUT2D eigenvalue weighted by atomic mass is 79.9. The molecule has 3 fully saturated rings. The lowest BCUT2D eigenvalue weighted by Crippen LogP contribution is -2.57. The summed E-state index contributed by atoms with van der Waals surface area (Å²) in [6.45, 7) is 7.96. The van der Waals surface area contributed by atoms with Crippen LogP contribution in [0.3, 0.4) is 0 Å². The summed E-state index contributed by atoms with van der Waals surface area (Å²) in [5.74, 6) is -3.46. The van der Waals surface area contributed by atoms with Gasteiger partial charge in [0.15, 0.2) is 0 Å². The minimum Gasteiger partial charge on any atom is -0.455 e. The Kier molecular flexibility index (Phi) is 11.4. The molecule has 1 unspecified atom stereocenters. The second-order valence-electron chi connectivity index (χ2n) is 13.4. The Labute approximate surface area is 306 Å². The first-order valence-corrected chi connectivity index (χ1v) is 18.4. The molecule has 3 aliphatic heterocycles. The van der Waals surface area contributed by atoms with Crippen molar-refractivity contribution in [3.8, 4) is 0 Å². The average Bonchev–Trinajstić information content (AvgIpc) is 3.74. The maximum absolute atomic E-state index is 14.9. The normalized spacial score (nSPS) is 25.3. The second-order valence-corrected chi connectivity index (χ2v) is 14.5. The van der Waals surface area contributed by atoms with Gasteiger partial charge in [0.25, 0.3) is 5.91 Å². The van der Waals surface area contributed by atoms with Gasteiger partial charge >= 0.3 is 5.97 Å². The van der Waals surface area contributed by atoms with E-state index >= 15 is 0 Å². The number of hydrogen-bond acceptors (Lipinski definition) is 7. The highest BCUT2D eigenvalue weighted by molar-refractivity contribution is 9.09. The van der Waals surface area contributed by atoms with Crippen LogP contribution in [0.4, 0.5) is 5.69 Å². The number of amides is 3. The van der Waals surface area contributed by atoms with E-state index in [4.69, 9.17) is 9.47 Å². The van der Waals surface area contributed by atoms with Crippen LogP contribution < -0.4 is 10.2 Å². The number of esters is 1. The van der Waals surface area contributed by atoms with Crippen LogP contribution in [0.15, 0.2) is 98.1 Å². The zero-order valence-corrected chi connectivity index (χ0v) is 30.1. The standard InChI is InChI=1S/C40H44BrN3O7/c1-3-5-17-32(46)42-25-31(27-14-7-6-8-15-27)50-39(49)33-34-37(47)44(21-11-12-22-45)36(40(34)24-30(41)35(33)51-40)38(48)43(20-4-2)29-19-18-26-13-9-10-16-28(26)23-29/h3-4,6-10,13-16,18-19,23,30-31,33-36,45H,1-2,5,11-12,17,20-22,24-25H2,(H,42,46)/t30?,31-,33-,34+,35-,36-,40+/m0/s1. The Morgan fingerprint density at radius 1 is 1.06 bits per heavy atom. The molecule has 2 N–H and O–H groups in total. The number of allylic oxidation sites excluding steroid dienone is 1. The number of aliphatic hydroxyl groups excluding tert-OH is 1. The van der Waals surface area contributed by atoms with Gasteiger partial charge in [-0.1, -0.05) is 88.7 Å². The Hall–Kier alpha value is -4.32. The van der Waals surface area contributed by atoms with Gasteiger partial charge in [-0.15, -0.1) is 13.2 Å². The molecule has 0 radical (unpaired) electrons. The smallest absolute Gasteiger partial charge is 0.313 e. The number of unbranched alkanes of at least 4 members (excludes halogenated alkanes) is 1. The summed E-state index contributed by atoms with van der Waals surface area (Å²) in [7, 11) is 0. The molecule has 3 amide bonds. The summed E-state index contributed by atoms with van der Waals surface area (Å²) < 4.78 is 12.9. The van der Waals surface area contributed by atoms with Crippen LogP contribution >= 0.6 is 15.9 Å². The number of carbonyl (C=O) groups excluding carboxylic acids is 4. The third kappa shape index (κ3) is 7.11. The van der Waals surface area contributed by atoms with Crippen molar-refractivity contribution in [3.63, 3.8) is 0 Å². The quantitative estimate of drug-likeness (QED) is 0.0886. The van der Waals surface area contributed by atoms with Crippen molar-refractivity contribution in [3.05, 3.63) is 104 Å². The van der Waals surface area contributed by atoms with E-state index in [2.05, 4.69) is 34.4 Å². The van der Waals surface area contributed by atoms with Gasteiger partial charge in [0.1, 0.15) is 17.7 Å². The van der Waals surface area contributed by atoms with Gasteiger partial charge in [0.2, 0.25) is 11.8 Å². The molecule has 11 heteroatoms. The number of carbonyl (C=O) groups is 4. The molecule has 3 aromatic carbocycles. The fourth-order valence-corrected chi connectivity index (χ4v) is 8.84. The fourth-order valence-electron chi connectivity index (χ4n) is 7.90. The molecule has 0 aliphatic carbocycles. The molecule has 51 heavy (non-hydrogen) atoms. The van der Waals surface area contributed by atoms with Crippen molar-refractivity contribution >= 4 is 56.1 Å². The molecule has 7 atom stereocenters. The van der Waals surface area contributed by atoms with Gasteiger partial charge in [-0.25, -0.2) is 0 Å². The van der Waals surface area contributed by atoms with E-state index in [1.807, 2.05) is 72.8 Å². The molecular weight excluding hydrogens is 714 g/mol. The zero-order chi connectivity index (χ0) is 36.1. The van der Waals surface area contributed by atoms with Crippen LogP contribution in [0.2, 0.25) is 0 Å². The summed E-state index contributed by atoms with van der Waals surface area (Å²) in [6.07, 6.45) is 3.79. The molecule has 3 heterocycles. The van der Waals surface area contributed by atoms with E-state index < -0.39 is 41.7 Å². The maximum Gasteiger partial charge on any atom is 0.313 e. The summed E-state index contributed by atoms with van der Waals surface area (Å²) >= 11 is 3.74. The van der Waals surface area contributed by atoms with Crippen molar-refractivity contribution in [2.45, 2.75) is 60.8 Å². The number of rotatable bonds is 16. The summed E-state index contributed by atoms with van der Waals surface area (Å²) in [5.41, 5.74) is 0.0460. The van der Waals surface area contributed by atoms with Crippen molar-refractivity contribution in [1.82, 2.24) is 10.2 Å². The summed E-state index contributed by atoms with van der Waals surface area (Å²) in [4.78, 5) is 59.2. The van der Waals surface area contributed by atoms with E-state index in [0.29, 0.717) is 36.9 Å². The highest BCUT2D eigenvalue weighted by Crippen LogP contribution is 2.60. The van der Waals surface area contributed by atoms with E-state index in [1.165, 1.54) is 0 Å². The molecule has 0 aromatic heterocycles. The predicted molar refractivity (Wildman–Crippen MR) is 198 cm³/mol. The first-order valence-electron chi connectivity index (χ1n) is 17.5. The van der Waals surface area contributed by atoms with Crippen molar-refractivity contribution in [2.75, 3.05) is 31.1 Å². The SMILES string of the molecule is C=CCCC(=O)NC[C@H](OC(=O)[C@@H]1[C@H]2O[C@@]3(CC2Br)[C@H](C(=O)N(CC=C)c2ccc4ccccc4c2)N(CCCCO)C(=O)[C@@H]13)c1ccccc1. The first kappa shape index (κ1) is 36.5. The number of anilines is 1. The van der Waals surface area contributed by atoms with Crippen LogP contribution in [0.1, 0.15) is 43.8 Å². The van der Waals surface area contributed by atoms with Crippen LogP contribution in [-0.2, 0) is 28.7 Å². The molecule has 3 aromatic rings. The fraction of sp³-hybridized carbons (Fsp3) is 0.400. The summed E-state index contributed by atoms with van der Waals surface area (Å²) in [5, 5.41) is 14.4. The molecular formula is C40H44BrN3O7. The number of alkyl halides is 1. The molecule has 268 valence electrons. The largest absolute Gasteiger partial charge is 0.455 e. The lowest BCUT2D eigenvalue weighted by Gasteiger charge is -2.37. The van der Waals surface area contributed by atoms with Crippen LogP contribution in [-0.4, -0.2) is 82.5 Å². The lowest BCUT2D eigenvalue weighted by atomic mass is 9.70. The van der Waals surface area contributed by atoms with E-state index in [1.54, 1.807) is 22.0 Å². The second kappa shape index (κ2) is 15.9. The Bertz CT molecular complexity index is 1790. The Balaban J connectivity index is 1.33. The number of hydrogen-bond donors (Lipinski definition) is 2. The Morgan fingerprint density at radius 3 is 2.53 bits per heavy atom. The van der Waals surface area contributed by atoms with Crippen LogP contribution in [0.25, 0.3) is 10.8 Å². The number of benzene rings is 3. The third-order valence-electron chi connectivity index (χ3n) is 10.2. The van der Waals surface area contributed by atoms with Gasteiger partial charge < -0.3 is 29.7 Å². The minimum absolute atomic E-state index is 0.0438. The lowest BCUT2D eigenvalue weighted by molar-refractivity contribution is -0.160. The van der Waals surface area contributed by atoms with Gasteiger partial charge in [-0.2, -0.15) is 0 Å². The summed E-state index contributed by atoms with van der Waals surface area (Å²) in [6, 6.07) is 21.8. The van der Waals surface area contributed by atoms with Gasteiger partial charge in [-0.05, 0) is 54.2 Å². The predicted octanol–water partition coefficient (Wildman–Crippen LogP) is 5.25. The number of ether oxygens (including phenoxy) is 2. The molecule has 6 rings (SSSR count). The number of nitrogens with one attached hydrogen (secondary N) is 1. The van der Waals surface area contributed by atoms with Crippen molar-refractivity contribution in [2.24, 2.45) is 11.8 Å². The van der Waals surface area contributed by atoms with Crippen molar-refractivity contribution in [1.29, 1.82) is 0 Å². The topological polar surface area (TPSA) is 125 Å². The molecule has 3 aliphatic rings. The molecule has 2 bridgehead atoms. The number of halogens is 1. The van der Waals surface area contributed by atoms with Gasteiger partial charge in [0.05, 0.1) is 24.5 Å². The number of nitrogens with zero attached hydrogens (tertiary/aromatic N) is 2. The molecule has 3 saturated heterocycles. The number of likely N-dealkylation sites (tertiary alicyclic amines) is 1. The van der Waals surface area contributed by atoms with Gasteiger partial charge in [-0.3, -0.25) is 19.2 Å². The Morgan fingerprint density at radius 2 is 1.80 bits per heavy atom. The highest BCUT2D eigenvalue weighted by Gasteiger charge is 2.77. The average molecular weight is 759 g/mol. The van der Waals surface area contributed by atoms with Crippen LogP contribution in [0.5, 0.6) is 0 Å². The van der Waals surface area contributed by atoms with Gasteiger partial charge in [0, 0.05) is 36.6 Å². The maximum atomic E-state index is 14.9.